The van der Waals surface area contributed by atoms with E-state index in [9.17, 15) is 10.2 Å². The Bertz CT molecular complexity index is 649. The molecule has 0 spiro atoms. The Morgan fingerprint density at radius 2 is 2.10 bits per heavy atom. The summed E-state index contributed by atoms with van der Waals surface area (Å²) in [5, 5.41) is 33.8. The number of hydrogen-bond donors (Lipinski definition) is 3. The summed E-state index contributed by atoms with van der Waals surface area (Å²) in [5.74, 6) is 0.555. The maximum atomic E-state index is 10.0. The second-order valence-corrected chi connectivity index (χ2v) is 5.44. The van der Waals surface area contributed by atoms with Crippen LogP contribution in [0.1, 0.15) is 12.1 Å². The van der Waals surface area contributed by atoms with Gasteiger partial charge in [-0.25, -0.2) is 0 Å². The molecule has 0 saturated carbocycles. The van der Waals surface area contributed by atoms with Crippen molar-refractivity contribution in [3.63, 3.8) is 0 Å². The van der Waals surface area contributed by atoms with E-state index in [1.165, 1.54) is 4.68 Å². The van der Waals surface area contributed by atoms with Gasteiger partial charge in [0.1, 0.15) is 0 Å². The third kappa shape index (κ3) is 2.03. The molecular formula is C11H13N4O4Se. The Hall–Kier alpha value is -1.09. The maximum absolute atomic E-state index is 10.0. The summed E-state index contributed by atoms with van der Waals surface area (Å²) in [6.45, 7) is 1.36. The van der Waals surface area contributed by atoms with Gasteiger partial charge >= 0.3 is 122 Å². The molecule has 1 aliphatic heterocycles. The summed E-state index contributed by atoms with van der Waals surface area (Å²) in [6.07, 6.45) is -2.53. The number of aromatic nitrogens is 4. The first-order valence-electron chi connectivity index (χ1n) is 6.04. The average molecular weight is 344 g/mol. The van der Waals surface area contributed by atoms with Crippen molar-refractivity contribution in [3.05, 3.63) is 12.0 Å². The summed E-state index contributed by atoms with van der Waals surface area (Å²) in [6, 6.07) is 0. The Morgan fingerprint density at radius 1 is 1.35 bits per heavy atom. The molecule has 2 aromatic rings. The van der Waals surface area contributed by atoms with E-state index in [-0.39, 0.29) is 6.61 Å². The van der Waals surface area contributed by atoms with Crippen molar-refractivity contribution in [2.24, 2.45) is 0 Å². The zero-order valence-electron chi connectivity index (χ0n) is 10.5. The molecule has 0 aliphatic carbocycles. The number of ether oxygens (including phenoxy) is 1. The van der Waals surface area contributed by atoms with Gasteiger partial charge in [-0.1, -0.05) is 0 Å². The molecule has 3 N–H and O–H groups in total. The molecule has 8 nitrogen and oxygen atoms in total. The van der Waals surface area contributed by atoms with Crippen LogP contribution in [0.4, 0.5) is 0 Å². The molecule has 2 aromatic heterocycles. The third-order valence-corrected chi connectivity index (χ3v) is 3.94. The van der Waals surface area contributed by atoms with Crippen LogP contribution in [0.2, 0.25) is 0 Å². The van der Waals surface area contributed by atoms with Crippen molar-refractivity contribution in [1.82, 2.24) is 19.7 Å². The fourth-order valence-corrected chi connectivity index (χ4v) is 2.85. The van der Waals surface area contributed by atoms with E-state index in [2.05, 4.69) is 31.1 Å². The fourth-order valence-electron chi connectivity index (χ4n) is 2.27. The number of rotatable bonds is 2. The third-order valence-electron chi connectivity index (χ3n) is 3.29. The van der Waals surface area contributed by atoms with Gasteiger partial charge in [-0.05, 0) is 0 Å². The first-order chi connectivity index (χ1) is 9.52. The first kappa shape index (κ1) is 13.9. The second-order valence-electron chi connectivity index (χ2n) is 4.63. The quantitative estimate of drug-likeness (QED) is 0.518. The molecule has 3 rings (SSSR count). The van der Waals surface area contributed by atoms with Gasteiger partial charge in [0.25, 0.3) is 0 Å². The summed E-state index contributed by atoms with van der Waals surface area (Å²) in [4.78, 5) is 8.48. The molecule has 20 heavy (non-hydrogen) atoms. The standard InChI is InChI=1S/C11H13N4O4Se/c1-4-13-9-5(10(20)14-4)2-12-15(9)11-8(18)7(17)6(3-16)19-11/h2,6-8,11,16-18H,3H2,1H3. The molecule has 1 fully saturated rings. The van der Waals surface area contributed by atoms with Crippen molar-refractivity contribution in [2.75, 3.05) is 6.61 Å². The summed E-state index contributed by atoms with van der Waals surface area (Å²) < 4.78 is 7.50. The number of aliphatic hydroxyl groups is 3. The molecule has 9 heteroatoms. The van der Waals surface area contributed by atoms with Gasteiger partial charge in [0, 0.05) is 0 Å². The van der Waals surface area contributed by atoms with E-state index in [0.29, 0.717) is 21.5 Å². The van der Waals surface area contributed by atoms with Crippen molar-refractivity contribution in [1.29, 1.82) is 0 Å². The number of hydrogen-bond acceptors (Lipinski definition) is 7. The zero-order valence-corrected chi connectivity index (χ0v) is 12.3. The van der Waals surface area contributed by atoms with E-state index < -0.39 is 24.5 Å². The molecule has 0 bridgehead atoms. The van der Waals surface area contributed by atoms with Gasteiger partial charge in [-0.15, -0.1) is 0 Å². The van der Waals surface area contributed by atoms with Gasteiger partial charge in [-0.3, -0.25) is 0 Å². The van der Waals surface area contributed by atoms with Crippen molar-refractivity contribution < 1.29 is 20.1 Å². The topological polar surface area (TPSA) is 114 Å². The number of fused-ring (bicyclic) bond motifs is 1. The number of aliphatic hydroxyl groups excluding tert-OH is 3. The van der Waals surface area contributed by atoms with E-state index in [4.69, 9.17) is 9.84 Å². The SMILES string of the molecule is Cc1nc([Se])c2cnn(C3OC(CO)C(O)C3O)c2n1. The van der Waals surface area contributed by atoms with E-state index in [0.717, 1.165) is 0 Å². The Morgan fingerprint density at radius 3 is 2.75 bits per heavy atom. The van der Waals surface area contributed by atoms with Gasteiger partial charge in [0.05, 0.1) is 0 Å². The molecule has 107 valence electrons. The van der Waals surface area contributed by atoms with Crippen molar-refractivity contribution >= 4 is 31.6 Å². The van der Waals surface area contributed by atoms with Crippen LogP contribution in [0.15, 0.2) is 6.20 Å². The predicted molar refractivity (Wildman–Crippen MR) is 68.5 cm³/mol. The Labute approximate surface area is 122 Å². The number of aryl methyl sites for hydroxylation is 1. The van der Waals surface area contributed by atoms with Crippen LogP contribution in [-0.2, 0) is 4.74 Å². The summed E-state index contributed by atoms with van der Waals surface area (Å²) >= 11 is 2.83. The van der Waals surface area contributed by atoms with Crippen LogP contribution < -0.4 is 4.59 Å². The predicted octanol–water partition coefficient (Wildman–Crippen LogP) is -2.46. The monoisotopic (exact) mass is 345 g/mol. The molecule has 1 aliphatic rings. The second kappa shape index (κ2) is 5.03. The Balaban J connectivity index is 2.07. The van der Waals surface area contributed by atoms with Gasteiger partial charge in [-0.2, -0.15) is 0 Å². The number of nitrogens with zero attached hydrogens (tertiary/aromatic N) is 4. The van der Waals surface area contributed by atoms with Crippen molar-refractivity contribution in [3.8, 4) is 0 Å². The molecule has 1 saturated heterocycles. The molecule has 3 heterocycles. The van der Waals surface area contributed by atoms with Crippen LogP contribution in [0.25, 0.3) is 11.0 Å². The normalized spacial score (nSPS) is 30.2. The van der Waals surface area contributed by atoms with Crippen LogP contribution in [0.5, 0.6) is 0 Å². The average Bonchev–Trinajstić information content (AvgIpc) is 2.93. The van der Waals surface area contributed by atoms with E-state index >= 15 is 0 Å². The molecule has 4 atom stereocenters. The van der Waals surface area contributed by atoms with Gasteiger partial charge in [0.2, 0.25) is 0 Å². The van der Waals surface area contributed by atoms with E-state index in [1.807, 2.05) is 0 Å². The minimum atomic E-state index is -1.19. The molecule has 4 unspecified atom stereocenters. The van der Waals surface area contributed by atoms with Crippen LogP contribution in [-0.4, -0.2) is 76.0 Å². The summed E-state index contributed by atoms with van der Waals surface area (Å²) in [5.41, 5.74) is 0.501. The van der Waals surface area contributed by atoms with Gasteiger partial charge in [0.15, 0.2) is 0 Å². The first-order valence-corrected chi connectivity index (χ1v) is 6.90. The fraction of sp³-hybridized carbons (Fsp3) is 0.545. The van der Waals surface area contributed by atoms with Crippen LogP contribution in [0, 0.1) is 6.92 Å². The van der Waals surface area contributed by atoms with Crippen LogP contribution in [0.3, 0.4) is 0 Å². The molecule has 1 radical (unpaired) electrons. The summed E-state index contributed by atoms with van der Waals surface area (Å²) in [7, 11) is 0. The zero-order chi connectivity index (χ0) is 14.4. The Kier molecular flexibility index (Phi) is 3.49. The van der Waals surface area contributed by atoms with Crippen LogP contribution >= 0.6 is 0 Å². The minimum absolute atomic E-state index is 0.380. The molecule has 0 aromatic carbocycles. The van der Waals surface area contributed by atoms with Gasteiger partial charge < -0.3 is 0 Å². The molecule has 0 amide bonds. The molecular weight excluding hydrogens is 331 g/mol. The van der Waals surface area contributed by atoms with E-state index in [1.54, 1.807) is 13.1 Å². The van der Waals surface area contributed by atoms with Crippen molar-refractivity contribution in [2.45, 2.75) is 31.5 Å².